The fourth-order valence-electron chi connectivity index (χ4n) is 1.56. The van der Waals surface area contributed by atoms with E-state index < -0.39 is 11.8 Å². The summed E-state index contributed by atoms with van der Waals surface area (Å²) in [7, 11) is 3.72. The third-order valence-corrected chi connectivity index (χ3v) is 2.58. The van der Waals surface area contributed by atoms with Gasteiger partial charge in [-0.3, -0.25) is 4.79 Å². The topological polar surface area (TPSA) is 57.6 Å². The van der Waals surface area contributed by atoms with Crippen molar-refractivity contribution in [3.8, 4) is 0 Å². The van der Waals surface area contributed by atoms with Crippen molar-refractivity contribution in [2.24, 2.45) is 0 Å². The number of carbonyl (C=O) groups excluding carboxylic acids is 1. The first-order chi connectivity index (χ1) is 7.34. The highest BCUT2D eigenvalue weighted by molar-refractivity contribution is 6.40. The Balaban J connectivity index is 3.35. The molecule has 4 nitrogen and oxygen atoms in total. The number of rotatable bonds is 3. The van der Waals surface area contributed by atoms with Crippen molar-refractivity contribution >= 4 is 17.4 Å². The predicted molar refractivity (Wildman–Crippen MR) is 62.2 cm³/mol. The molecule has 0 fully saturated rings. The molecule has 1 aromatic rings. The SMILES string of the molecule is Cc1cc(C(=O)C(=O)O)cc(N(C)C)c1C. The largest absolute Gasteiger partial charge is 0.475 e. The summed E-state index contributed by atoms with van der Waals surface area (Å²) in [5.74, 6) is -2.29. The second kappa shape index (κ2) is 4.35. The lowest BCUT2D eigenvalue weighted by Crippen LogP contribution is -2.16. The molecule has 0 saturated carbocycles. The Morgan fingerprint density at radius 3 is 2.19 bits per heavy atom. The summed E-state index contributed by atoms with van der Waals surface area (Å²) in [6, 6.07) is 3.22. The van der Waals surface area contributed by atoms with E-state index in [1.807, 2.05) is 32.8 Å². The molecule has 0 aliphatic carbocycles. The molecule has 1 N–H and O–H groups in total. The number of nitrogens with zero attached hydrogens (tertiary/aromatic N) is 1. The van der Waals surface area contributed by atoms with Gasteiger partial charge >= 0.3 is 5.97 Å². The molecule has 0 radical (unpaired) electrons. The summed E-state index contributed by atoms with van der Waals surface area (Å²) in [6.07, 6.45) is 0. The quantitative estimate of drug-likeness (QED) is 0.622. The lowest BCUT2D eigenvalue weighted by Gasteiger charge is -2.18. The standard InChI is InChI=1S/C12H15NO3/c1-7-5-9(11(14)12(15)16)6-10(8(7)2)13(3)4/h5-6H,1-4H3,(H,15,16). The Labute approximate surface area is 94.5 Å². The van der Waals surface area contributed by atoms with Gasteiger partial charge in [0.15, 0.2) is 0 Å². The molecule has 86 valence electrons. The first-order valence-corrected chi connectivity index (χ1v) is 4.90. The van der Waals surface area contributed by atoms with Gasteiger partial charge in [0.2, 0.25) is 0 Å². The zero-order chi connectivity index (χ0) is 12.5. The summed E-state index contributed by atoms with van der Waals surface area (Å²) in [4.78, 5) is 23.8. The minimum atomic E-state index is -1.42. The van der Waals surface area contributed by atoms with E-state index in [4.69, 9.17) is 5.11 Å². The molecule has 0 amide bonds. The molecule has 0 saturated heterocycles. The summed E-state index contributed by atoms with van der Waals surface area (Å²) in [6.45, 7) is 3.81. The molecular weight excluding hydrogens is 206 g/mol. The van der Waals surface area contributed by atoms with Crippen molar-refractivity contribution in [2.45, 2.75) is 13.8 Å². The molecule has 0 aliphatic heterocycles. The smallest absolute Gasteiger partial charge is 0.377 e. The first kappa shape index (κ1) is 12.2. The third kappa shape index (κ3) is 2.21. The van der Waals surface area contributed by atoms with E-state index >= 15 is 0 Å². The van der Waals surface area contributed by atoms with Crippen molar-refractivity contribution in [3.05, 3.63) is 28.8 Å². The number of hydrogen-bond acceptors (Lipinski definition) is 3. The first-order valence-electron chi connectivity index (χ1n) is 4.90. The highest BCUT2D eigenvalue weighted by atomic mass is 16.4. The number of carboxylic acids is 1. The van der Waals surface area contributed by atoms with Crippen molar-refractivity contribution in [2.75, 3.05) is 19.0 Å². The van der Waals surface area contributed by atoms with Crippen LogP contribution in [0.15, 0.2) is 12.1 Å². The maximum atomic E-state index is 11.4. The van der Waals surface area contributed by atoms with Gasteiger partial charge in [-0.05, 0) is 37.1 Å². The van der Waals surface area contributed by atoms with Gasteiger partial charge in [0.05, 0.1) is 0 Å². The van der Waals surface area contributed by atoms with E-state index in [1.165, 1.54) is 0 Å². The van der Waals surface area contributed by atoms with E-state index in [2.05, 4.69) is 0 Å². The summed E-state index contributed by atoms with van der Waals surface area (Å²) >= 11 is 0. The third-order valence-electron chi connectivity index (χ3n) is 2.58. The van der Waals surface area contributed by atoms with Gasteiger partial charge in [-0.2, -0.15) is 0 Å². The second-order valence-electron chi connectivity index (χ2n) is 3.97. The van der Waals surface area contributed by atoms with Crippen LogP contribution in [0.1, 0.15) is 21.5 Å². The summed E-state index contributed by atoms with van der Waals surface area (Å²) < 4.78 is 0. The Morgan fingerprint density at radius 2 is 1.75 bits per heavy atom. The van der Waals surface area contributed by atoms with Gasteiger partial charge in [0.1, 0.15) is 0 Å². The minimum absolute atomic E-state index is 0.222. The fourth-order valence-corrected chi connectivity index (χ4v) is 1.56. The van der Waals surface area contributed by atoms with Crippen LogP contribution in [0.2, 0.25) is 0 Å². The highest BCUT2D eigenvalue weighted by Gasteiger charge is 2.17. The Kier molecular flexibility index (Phi) is 3.32. The molecule has 1 aromatic carbocycles. The maximum Gasteiger partial charge on any atom is 0.377 e. The van der Waals surface area contributed by atoms with Crippen LogP contribution in [0.25, 0.3) is 0 Å². The molecule has 16 heavy (non-hydrogen) atoms. The van der Waals surface area contributed by atoms with E-state index in [0.717, 1.165) is 16.8 Å². The zero-order valence-electron chi connectivity index (χ0n) is 9.87. The molecule has 4 heteroatoms. The number of carbonyl (C=O) groups is 2. The number of benzene rings is 1. The maximum absolute atomic E-state index is 11.4. The number of aryl methyl sites for hydroxylation is 1. The fraction of sp³-hybridized carbons (Fsp3) is 0.333. The van der Waals surface area contributed by atoms with Crippen molar-refractivity contribution in [1.29, 1.82) is 0 Å². The number of hydrogen-bond donors (Lipinski definition) is 1. The minimum Gasteiger partial charge on any atom is -0.475 e. The molecule has 0 unspecified atom stereocenters. The monoisotopic (exact) mass is 221 g/mol. The number of carboxylic acid groups (broad SMARTS) is 1. The van der Waals surface area contributed by atoms with Crippen LogP contribution in [0.5, 0.6) is 0 Å². The van der Waals surface area contributed by atoms with Crippen LogP contribution in [-0.4, -0.2) is 31.0 Å². The zero-order valence-corrected chi connectivity index (χ0v) is 9.87. The molecule has 0 atom stereocenters. The molecule has 1 rings (SSSR count). The van der Waals surface area contributed by atoms with Gasteiger partial charge in [-0.15, -0.1) is 0 Å². The van der Waals surface area contributed by atoms with E-state index in [0.29, 0.717) is 0 Å². The molecular formula is C12H15NO3. The Morgan fingerprint density at radius 1 is 1.19 bits per heavy atom. The highest BCUT2D eigenvalue weighted by Crippen LogP contribution is 2.23. The van der Waals surface area contributed by atoms with Gasteiger partial charge in [0.25, 0.3) is 5.78 Å². The van der Waals surface area contributed by atoms with Crippen LogP contribution in [-0.2, 0) is 4.79 Å². The van der Waals surface area contributed by atoms with Gasteiger partial charge in [0, 0.05) is 25.3 Å². The van der Waals surface area contributed by atoms with Crippen LogP contribution in [0, 0.1) is 13.8 Å². The molecule has 0 spiro atoms. The average Bonchev–Trinajstić information content (AvgIpc) is 2.20. The number of ketones is 1. The lowest BCUT2D eigenvalue weighted by molar-refractivity contribution is -0.131. The van der Waals surface area contributed by atoms with Gasteiger partial charge in [-0.1, -0.05) is 0 Å². The Bertz CT molecular complexity index is 450. The van der Waals surface area contributed by atoms with E-state index in [1.54, 1.807) is 12.1 Å². The second-order valence-corrected chi connectivity index (χ2v) is 3.97. The van der Waals surface area contributed by atoms with Crippen LogP contribution in [0.4, 0.5) is 5.69 Å². The van der Waals surface area contributed by atoms with Gasteiger partial charge in [-0.25, -0.2) is 4.79 Å². The number of aliphatic carboxylic acids is 1. The molecule has 0 aliphatic rings. The normalized spacial score (nSPS) is 10.0. The molecule has 0 aromatic heterocycles. The van der Waals surface area contributed by atoms with Crippen molar-refractivity contribution in [1.82, 2.24) is 0 Å². The van der Waals surface area contributed by atoms with Crippen LogP contribution in [0.3, 0.4) is 0 Å². The van der Waals surface area contributed by atoms with E-state index in [-0.39, 0.29) is 5.56 Å². The van der Waals surface area contributed by atoms with Crippen molar-refractivity contribution in [3.63, 3.8) is 0 Å². The average molecular weight is 221 g/mol. The number of Topliss-reactive ketones (excluding diaryl/α,β-unsaturated/α-hetero) is 1. The van der Waals surface area contributed by atoms with Crippen LogP contribution < -0.4 is 4.90 Å². The number of anilines is 1. The Hall–Kier alpha value is -1.84. The summed E-state index contributed by atoms with van der Waals surface area (Å²) in [5, 5.41) is 8.66. The predicted octanol–water partition coefficient (Wildman–Crippen LogP) is 1.64. The van der Waals surface area contributed by atoms with Crippen LogP contribution >= 0.6 is 0 Å². The molecule has 0 bridgehead atoms. The summed E-state index contributed by atoms with van der Waals surface area (Å²) in [5.41, 5.74) is 3.05. The van der Waals surface area contributed by atoms with Gasteiger partial charge < -0.3 is 10.0 Å². The lowest BCUT2D eigenvalue weighted by atomic mass is 10.0. The van der Waals surface area contributed by atoms with Crippen molar-refractivity contribution < 1.29 is 14.7 Å². The van der Waals surface area contributed by atoms with E-state index in [9.17, 15) is 9.59 Å². The molecule has 0 heterocycles.